The summed E-state index contributed by atoms with van der Waals surface area (Å²) in [7, 11) is -5.13. The minimum absolute atomic E-state index is 0.0315. The van der Waals surface area contributed by atoms with E-state index >= 15 is 4.39 Å². The van der Waals surface area contributed by atoms with Crippen molar-refractivity contribution >= 4 is 27.0 Å². The second-order valence-corrected chi connectivity index (χ2v) is 11.8. The van der Waals surface area contributed by atoms with E-state index in [0.29, 0.717) is 30.6 Å². The molecule has 1 heterocycles. The van der Waals surface area contributed by atoms with Crippen LogP contribution in [0.4, 0.5) is 22.0 Å². The number of aromatic nitrogens is 1. The average Bonchev–Trinajstić information content (AvgIpc) is 3.28. The van der Waals surface area contributed by atoms with Gasteiger partial charge in [0, 0.05) is 28.8 Å². The number of benzene rings is 3. The molecule has 5 rings (SSSR count). The monoisotopic (exact) mass is 618 g/mol. The number of methoxy groups -OCH3 is 1. The Morgan fingerprint density at radius 1 is 1.05 bits per heavy atom. The predicted octanol–water partition coefficient (Wildman–Crippen LogP) is 7.23. The number of halogens is 5. The van der Waals surface area contributed by atoms with Crippen molar-refractivity contribution in [2.45, 2.75) is 43.5 Å². The maximum Gasteiger partial charge on any atom is 0.534 e. The zero-order chi connectivity index (χ0) is 31.3. The lowest BCUT2D eigenvalue weighted by Gasteiger charge is -2.42. The molecular weight excluding hydrogens is 595 g/mol. The molecule has 224 valence electrons. The van der Waals surface area contributed by atoms with Gasteiger partial charge in [-0.1, -0.05) is 18.6 Å². The number of fused-ring (bicyclic) bond motifs is 1. The highest BCUT2D eigenvalue weighted by molar-refractivity contribution is 7.88. The van der Waals surface area contributed by atoms with E-state index < -0.39 is 44.4 Å². The van der Waals surface area contributed by atoms with Gasteiger partial charge in [-0.2, -0.15) is 26.9 Å². The normalized spacial score (nSPS) is 14.7. The molecule has 1 aromatic heterocycles. The maximum absolute atomic E-state index is 15.4. The van der Waals surface area contributed by atoms with Crippen LogP contribution in [0.2, 0.25) is 0 Å². The highest BCUT2D eigenvalue weighted by atomic mass is 32.2. The third-order valence-electron chi connectivity index (χ3n) is 7.74. The summed E-state index contributed by atoms with van der Waals surface area (Å²) in [6, 6.07) is 14.0. The van der Waals surface area contributed by atoms with Crippen LogP contribution >= 0.6 is 0 Å². The minimum atomic E-state index is -6.32. The number of aryl methyl sites for hydroxylation is 1. The fourth-order valence-corrected chi connectivity index (χ4v) is 6.00. The number of rotatable bonds is 7. The topological polar surface area (TPSA) is 98.4 Å². The van der Waals surface area contributed by atoms with E-state index in [0.717, 1.165) is 6.07 Å². The van der Waals surface area contributed by atoms with Crippen LogP contribution in [0.25, 0.3) is 27.7 Å². The van der Waals surface area contributed by atoms with E-state index in [1.807, 2.05) is 0 Å². The molecule has 1 fully saturated rings. The maximum atomic E-state index is 15.4. The second kappa shape index (κ2) is 10.7. The molecule has 0 N–H and O–H groups in total. The van der Waals surface area contributed by atoms with E-state index in [1.54, 1.807) is 4.57 Å². The average molecular weight is 619 g/mol. The smallest absolute Gasteiger partial charge is 0.465 e. The van der Waals surface area contributed by atoms with E-state index in [-0.39, 0.29) is 39.6 Å². The van der Waals surface area contributed by atoms with E-state index in [2.05, 4.69) is 10.3 Å². The molecule has 0 bridgehead atoms. The molecule has 0 radical (unpaired) electrons. The summed E-state index contributed by atoms with van der Waals surface area (Å²) in [6.45, 7) is 1.51. The Labute approximate surface area is 243 Å². The van der Waals surface area contributed by atoms with Gasteiger partial charge in [0.25, 0.3) is 0 Å². The van der Waals surface area contributed by atoms with Gasteiger partial charge in [-0.15, -0.1) is 0 Å². The number of nitriles is 1. The number of carbonyl (C=O) groups is 1. The van der Waals surface area contributed by atoms with Crippen molar-refractivity contribution in [3.63, 3.8) is 0 Å². The molecule has 0 saturated heterocycles. The fraction of sp³-hybridized carbons (Fsp3) is 0.267. The Morgan fingerprint density at radius 2 is 1.70 bits per heavy atom. The van der Waals surface area contributed by atoms with Crippen LogP contribution in [0.3, 0.4) is 0 Å². The third-order valence-corrected chi connectivity index (χ3v) is 8.69. The first-order valence-electron chi connectivity index (χ1n) is 12.9. The van der Waals surface area contributed by atoms with Gasteiger partial charge in [-0.05, 0) is 73.4 Å². The lowest BCUT2D eigenvalue weighted by molar-refractivity contribution is -0.0500. The molecule has 0 amide bonds. The van der Waals surface area contributed by atoms with E-state index in [4.69, 9.17) is 4.74 Å². The van der Waals surface area contributed by atoms with Crippen LogP contribution in [0.1, 0.15) is 47.3 Å². The third kappa shape index (κ3) is 4.99. The van der Waals surface area contributed by atoms with Crippen molar-refractivity contribution < 1.29 is 44.1 Å². The van der Waals surface area contributed by atoms with Gasteiger partial charge in [0.15, 0.2) is 11.6 Å². The molecule has 7 nitrogen and oxygen atoms in total. The number of esters is 1. The summed E-state index contributed by atoms with van der Waals surface area (Å²) >= 11 is 0. The molecule has 43 heavy (non-hydrogen) atoms. The molecule has 0 atom stereocenters. The summed E-state index contributed by atoms with van der Waals surface area (Å²) in [6.07, 6.45) is 1.62. The largest absolute Gasteiger partial charge is 0.534 e. The molecule has 0 aliphatic heterocycles. The molecule has 3 aromatic carbocycles. The lowest BCUT2D eigenvalue weighted by atomic mass is 9.63. The number of hydrogen-bond donors (Lipinski definition) is 0. The minimum Gasteiger partial charge on any atom is -0.465 e. The number of nitrogens with zero attached hydrogens (tertiary/aromatic N) is 2. The Hall–Kier alpha value is -4.44. The van der Waals surface area contributed by atoms with Crippen molar-refractivity contribution in [3.05, 3.63) is 83.1 Å². The molecule has 0 spiro atoms. The van der Waals surface area contributed by atoms with Gasteiger partial charge in [-0.3, -0.25) is 0 Å². The summed E-state index contributed by atoms with van der Waals surface area (Å²) < 4.78 is 105. The lowest BCUT2D eigenvalue weighted by Crippen LogP contribution is -2.36. The van der Waals surface area contributed by atoms with Crippen LogP contribution < -0.4 is 4.18 Å². The zero-order valence-electron chi connectivity index (χ0n) is 22.8. The van der Waals surface area contributed by atoms with Gasteiger partial charge in [0.2, 0.25) is 0 Å². The number of hydrogen-bond acceptors (Lipinski definition) is 6. The number of ether oxygens (including phenoxy) is 1. The Kier molecular flexibility index (Phi) is 7.46. The quantitative estimate of drug-likeness (QED) is 0.0938. The molecule has 1 saturated carbocycles. The summed E-state index contributed by atoms with van der Waals surface area (Å²) in [4.78, 5) is 12.1. The molecule has 13 heteroatoms. The standard InChI is InChI=1S/C30H23F5N2O5S/c1-17-16-20(8-9-21(17)31)37-23-11-10-22(32)26(42-43(39,40)30(33,34)35)25(23)24(27(37)29(14-15-36)12-3-13-29)18-4-6-19(7-5-18)28(38)41-2/h4-11,16H,3,12-14H2,1-2H3. The Morgan fingerprint density at radius 3 is 2.23 bits per heavy atom. The number of carbonyl (C=O) groups excluding carboxylic acids is 1. The van der Waals surface area contributed by atoms with Crippen LogP contribution in [0.5, 0.6) is 5.75 Å². The molecule has 1 aliphatic carbocycles. The summed E-state index contributed by atoms with van der Waals surface area (Å²) in [5, 5.41) is 9.52. The SMILES string of the molecule is COC(=O)c1ccc(-c2c(C3(CC#N)CCC3)n(-c3ccc(F)c(C)c3)c3ccc(F)c(OS(=O)(=O)C(F)(F)F)c23)cc1. The Balaban J connectivity index is 1.97. The van der Waals surface area contributed by atoms with Crippen molar-refractivity contribution in [1.82, 2.24) is 4.57 Å². The van der Waals surface area contributed by atoms with Crippen molar-refractivity contribution in [2.75, 3.05) is 7.11 Å². The Bertz CT molecular complexity index is 1900. The summed E-state index contributed by atoms with van der Waals surface area (Å²) in [5.74, 6) is -3.76. The van der Waals surface area contributed by atoms with Crippen molar-refractivity contribution in [3.8, 4) is 28.6 Å². The highest BCUT2D eigenvalue weighted by Crippen LogP contribution is 2.55. The zero-order valence-corrected chi connectivity index (χ0v) is 23.6. The predicted molar refractivity (Wildman–Crippen MR) is 146 cm³/mol. The first-order chi connectivity index (χ1) is 20.2. The highest BCUT2D eigenvalue weighted by Gasteiger charge is 2.50. The molecule has 4 aromatic rings. The first-order valence-corrected chi connectivity index (χ1v) is 14.4. The van der Waals surface area contributed by atoms with Crippen LogP contribution in [0.15, 0.2) is 54.6 Å². The first kappa shape index (κ1) is 30.0. The second-order valence-electron chi connectivity index (χ2n) is 10.3. The summed E-state index contributed by atoms with van der Waals surface area (Å²) in [5.41, 5.74) is -5.21. The van der Waals surface area contributed by atoms with Crippen LogP contribution in [0, 0.1) is 29.9 Å². The van der Waals surface area contributed by atoms with Gasteiger partial charge in [0.05, 0.1) is 29.6 Å². The molecule has 0 unspecified atom stereocenters. The fourth-order valence-electron chi connectivity index (χ4n) is 5.53. The van der Waals surface area contributed by atoms with Gasteiger partial charge in [-0.25, -0.2) is 13.6 Å². The van der Waals surface area contributed by atoms with E-state index in [1.165, 1.54) is 62.6 Å². The van der Waals surface area contributed by atoms with E-state index in [9.17, 15) is 36.0 Å². The van der Waals surface area contributed by atoms with Gasteiger partial charge in [0.1, 0.15) is 5.82 Å². The van der Waals surface area contributed by atoms with Crippen LogP contribution in [-0.4, -0.2) is 31.6 Å². The molecular formula is C30H23F5N2O5S. The molecule has 1 aliphatic rings. The van der Waals surface area contributed by atoms with Crippen LogP contribution in [-0.2, 0) is 20.3 Å². The van der Waals surface area contributed by atoms with Gasteiger partial charge >= 0.3 is 21.6 Å². The number of alkyl halides is 3. The van der Waals surface area contributed by atoms with Gasteiger partial charge < -0.3 is 13.5 Å². The van der Waals surface area contributed by atoms with Crippen molar-refractivity contribution in [2.24, 2.45) is 0 Å². The van der Waals surface area contributed by atoms with Crippen molar-refractivity contribution in [1.29, 1.82) is 5.26 Å².